The maximum atomic E-state index is 12.9. The number of hydrogen-bond donors (Lipinski definition) is 0. The molecule has 8 nitrogen and oxygen atoms in total. The summed E-state index contributed by atoms with van der Waals surface area (Å²) in [5.74, 6) is 0.461. The number of rotatable bonds is 4. The molecule has 0 bridgehead atoms. The first kappa shape index (κ1) is 22.9. The van der Waals surface area contributed by atoms with Crippen molar-refractivity contribution in [3.05, 3.63) is 53.1 Å². The SMILES string of the molecule is COc1cc2c(OC(=O)OC(C)(C)C)c3c(c(-c4ccc(C#N)cc4)c2cc1OC)C(=O)OC3. The van der Waals surface area contributed by atoms with Crippen LogP contribution in [0.15, 0.2) is 36.4 Å². The van der Waals surface area contributed by atoms with Gasteiger partial charge in [0, 0.05) is 16.5 Å². The van der Waals surface area contributed by atoms with Gasteiger partial charge in [-0.15, -0.1) is 0 Å². The van der Waals surface area contributed by atoms with Crippen LogP contribution in [0.5, 0.6) is 17.2 Å². The topological polar surface area (TPSA) is 104 Å². The molecule has 3 aromatic carbocycles. The fourth-order valence-corrected chi connectivity index (χ4v) is 3.89. The Morgan fingerprint density at radius 3 is 2.18 bits per heavy atom. The number of carbonyl (C=O) groups excluding carboxylic acids is 2. The first-order valence-electron chi connectivity index (χ1n) is 10.5. The van der Waals surface area contributed by atoms with E-state index in [-0.39, 0.29) is 17.9 Å². The van der Waals surface area contributed by atoms with Crippen molar-refractivity contribution < 1.29 is 33.3 Å². The van der Waals surface area contributed by atoms with Crippen molar-refractivity contribution in [3.63, 3.8) is 0 Å². The van der Waals surface area contributed by atoms with E-state index in [1.54, 1.807) is 57.2 Å². The van der Waals surface area contributed by atoms with Gasteiger partial charge >= 0.3 is 12.1 Å². The Hall–Kier alpha value is -4.25. The molecule has 1 aliphatic heterocycles. The monoisotopic (exact) mass is 461 g/mol. The summed E-state index contributed by atoms with van der Waals surface area (Å²) in [5.41, 5.74) is 1.69. The molecule has 8 heteroatoms. The van der Waals surface area contributed by atoms with Crippen molar-refractivity contribution in [2.45, 2.75) is 33.0 Å². The standard InChI is InChI=1S/C26H23NO7/c1-26(2,3)34-25(29)33-23-17-11-20(31-5)19(30-4)10-16(17)21(22-18(23)13-32-24(22)28)15-8-6-14(12-27)7-9-15/h6-11H,13H2,1-5H3. The molecule has 0 N–H and O–H groups in total. The lowest BCUT2D eigenvalue weighted by molar-refractivity contribution is 0.0206. The van der Waals surface area contributed by atoms with Crippen LogP contribution in [0.1, 0.15) is 42.3 Å². The molecular weight excluding hydrogens is 438 g/mol. The Morgan fingerprint density at radius 1 is 1.00 bits per heavy atom. The molecule has 0 saturated heterocycles. The van der Waals surface area contributed by atoms with Crippen LogP contribution in [0.4, 0.5) is 4.79 Å². The normalized spacial score (nSPS) is 12.5. The van der Waals surface area contributed by atoms with Gasteiger partial charge in [0.25, 0.3) is 0 Å². The number of ether oxygens (including phenoxy) is 5. The van der Waals surface area contributed by atoms with Crippen LogP contribution in [-0.2, 0) is 16.1 Å². The number of cyclic esters (lactones) is 1. The Balaban J connectivity index is 2.06. The van der Waals surface area contributed by atoms with Gasteiger partial charge < -0.3 is 23.7 Å². The molecular formula is C26H23NO7. The molecule has 3 aromatic rings. The molecule has 0 saturated carbocycles. The largest absolute Gasteiger partial charge is 0.514 e. The van der Waals surface area contributed by atoms with Gasteiger partial charge in [0.2, 0.25) is 0 Å². The summed E-state index contributed by atoms with van der Waals surface area (Å²) >= 11 is 0. The van der Waals surface area contributed by atoms with Gasteiger partial charge in [0.15, 0.2) is 11.5 Å². The van der Waals surface area contributed by atoms with Gasteiger partial charge in [-0.25, -0.2) is 9.59 Å². The number of nitrogens with zero attached hydrogens (tertiary/aromatic N) is 1. The quantitative estimate of drug-likeness (QED) is 0.377. The smallest absolute Gasteiger partial charge is 0.493 e. The lowest BCUT2D eigenvalue weighted by Crippen LogP contribution is -2.26. The molecule has 34 heavy (non-hydrogen) atoms. The zero-order valence-electron chi connectivity index (χ0n) is 19.5. The predicted molar refractivity (Wildman–Crippen MR) is 123 cm³/mol. The number of carbonyl (C=O) groups is 2. The molecule has 0 aromatic heterocycles. The zero-order valence-corrected chi connectivity index (χ0v) is 19.5. The van der Waals surface area contributed by atoms with E-state index in [4.69, 9.17) is 23.7 Å². The zero-order chi connectivity index (χ0) is 24.6. The van der Waals surface area contributed by atoms with Crippen LogP contribution in [0.25, 0.3) is 21.9 Å². The Bertz CT molecular complexity index is 1350. The van der Waals surface area contributed by atoms with Crippen LogP contribution >= 0.6 is 0 Å². The van der Waals surface area contributed by atoms with E-state index in [0.717, 1.165) is 0 Å². The van der Waals surface area contributed by atoms with Crippen molar-refractivity contribution in [1.29, 1.82) is 5.26 Å². The summed E-state index contributed by atoms with van der Waals surface area (Å²) in [6.07, 6.45) is -0.906. The van der Waals surface area contributed by atoms with Crippen LogP contribution in [0, 0.1) is 11.3 Å². The van der Waals surface area contributed by atoms with Crippen molar-refractivity contribution in [3.8, 4) is 34.4 Å². The van der Waals surface area contributed by atoms with Crippen molar-refractivity contribution in [2.75, 3.05) is 14.2 Å². The number of methoxy groups -OCH3 is 2. The van der Waals surface area contributed by atoms with Crippen LogP contribution in [0.3, 0.4) is 0 Å². The molecule has 0 atom stereocenters. The number of fused-ring (bicyclic) bond motifs is 2. The second-order valence-corrected chi connectivity index (χ2v) is 8.64. The van der Waals surface area contributed by atoms with E-state index < -0.39 is 17.7 Å². The summed E-state index contributed by atoms with van der Waals surface area (Å²) in [7, 11) is 3.00. The molecule has 0 radical (unpaired) electrons. The predicted octanol–water partition coefficient (Wildman–Crippen LogP) is 5.38. The minimum absolute atomic E-state index is 0.0696. The molecule has 0 fully saturated rings. The summed E-state index contributed by atoms with van der Waals surface area (Å²) in [4.78, 5) is 25.5. The molecule has 0 amide bonds. The third-order valence-corrected chi connectivity index (χ3v) is 5.29. The lowest BCUT2D eigenvalue weighted by atomic mass is 9.89. The van der Waals surface area contributed by atoms with E-state index in [9.17, 15) is 14.9 Å². The second-order valence-electron chi connectivity index (χ2n) is 8.64. The van der Waals surface area contributed by atoms with Crippen molar-refractivity contribution >= 4 is 22.9 Å². The summed E-state index contributed by atoms with van der Waals surface area (Å²) in [6, 6.07) is 12.3. The molecule has 1 aliphatic rings. The summed E-state index contributed by atoms with van der Waals surface area (Å²) in [6.45, 7) is 5.11. The molecule has 174 valence electrons. The van der Waals surface area contributed by atoms with Gasteiger partial charge in [-0.3, -0.25) is 0 Å². The third-order valence-electron chi connectivity index (χ3n) is 5.29. The molecule has 4 rings (SSSR count). The third kappa shape index (κ3) is 4.08. The fraction of sp³-hybridized carbons (Fsp3) is 0.269. The van der Waals surface area contributed by atoms with E-state index >= 15 is 0 Å². The number of benzene rings is 3. The van der Waals surface area contributed by atoms with Gasteiger partial charge in [-0.1, -0.05) is 12.1 Å². The van der Waals surface area contributed by atoms with Gasteiger partial charge in [-0.2, -0.15) is 5.26 Å². The lowest BCUT2D eigenvalue weighted by Gasteiger charge is -2.21. The highest BCUT2D eigenvalue weighted by Crippen LogP contribution is 2.48. The maximum Gasteiger partial charge on any atom is 0.514 e. The number of nitriles is 1. The first-order valence-corrected chi connectivity index (χ1v) is 10.5. The van der Waals surface area contributed by atoms with Crippen molar-refractivity contribution in [1.82, 2.24) is 0 Å². The highest BCUT2D eigenvalue weighted by Gasteiger charge is 2.34. The molecule has 0 unspecified atom stereocenters. The van der Waals surface area contributed by atoms with E-state index in [0.29, 0.717) is 44.5 Å². The Morgan fingerprint density at radius 2 is 1.62 bits per heavy atom. The van der Waals surface area contributed by atoms with E-state index in [2.05, 4.69) is 6.07 Å². The molecule has 1 heterocycles. The maximum absolute atomic E-state index is 12.9. The highest BCUT2D eigenvalue weighted by molar-refractivity contribution is 6.14. The molecule has 0 spiro atoms. The van der Waals surface area contributed by atoms with E-state index in [1.807, 2.05) is 0 Å². The summed E-state index contributed by atoms with van der Waals surface area (Å²) < 4.78 is 27.3. The van der Waals surface area contributed by atoms with Gasteiger partial charge in [0.05, 0.1) is 31.4 Å². The minimum atomic E-state index is -0.906. The van der Waals surface area contributed by atoms with Gasteiger partial charge in [0.1, 0.15) is 18.0 Å². The highest BCUT2D eigenvalue weighted by atomic mass is 16.7. The first-order chi connectivity index (χ1) is 16.2. The second kappa shape index (κ2) is 8.60. The Labute approximate surface area is 196 Å². The fourth-order valence-electron chi connectivity index (χ4n) is 3.89. The number of hydrogen-bond acceptors (Lipinski definition) is 8. The average Bonchev–Trinajstić information content (AvgIpc) is 3.18. The van der Waals surface area contributed by atoms with Gasteiger partial charge in [-0.05, 0) is 56.0 Å². The minimum Gasteiger partial charge on any atom is -0.493 e. The average molecular weight is 461 g/mol. The van der Waals surface area contributed by atoms with Crippen LogP contribution in [-0.4, -0.2) is 31.9 Å². The Kier molecular flexibility index (Phi) is 5.80. The number of esters is 1. The van der Waals surface area contributed by atoms with Crippen LogP contribution < -0.4 is 14.2 Å². The van der Waals surface area contributed by atoms with Crippen molar-refractivity contribution in [2.24, 2.45) is 0 Å². The molecule has 0 aliphatic carbocycles. The summed E-state index contributed by atoms with van der Waals surface area (Å²) in [5, 5.41) is 10.3. The van der Waals surface area contributed by atoms with E-state index in [1.165, 1.54) is 14.2 Å². The van der Waals surface area contributed by atoms with Crippen LogP contribution in [0.2, 0.25) is 0 Å².